The summed E-state index contributed by atoms with van der Waals surface area (Å²) in [6.45, 7) is 3.05. The molecule has 1 aliphatic rings. The number of hydrogen-bond donors (Lipinski definition) is 0. The summed E-state index contributed by atoms with van der Waals surface area (Å²) in [5.41, 5.74) is 3.76. The number of fused-ring (bicyclic) bond motifs is 1. The molecule has 1 heterocycles. The molecule has 20 heavy (non-hydrogen) atoms. The zero-order chi connectivity index (χ0) is 14.1. The molecule has 0 amide bonds. The minimum Gasteiger partial charge on any atom is -0.363 e. The number of hydrogen-bond acceptors (Lipinski definition) is 2. The lowest BCUT2D eigenvalue weighted by atomic mass is 10.1. The normalized spacial score (nSPS) is 13.4. The van der Waals surface area contributed by atoms with Crippen molar-refractivity contribution in [2.45, 2.75) is 13.3 Å². The first-order valence-corrected chi connectivity index (χ1v) is 6.77. The number of halogens is 1. The Morgan fingerprint density at radius 2 is 2.10 bits per heavy atom. The molecule has 2 aromatic carbocycles. The third kappa shape index (κ3) is 2.44. The van der Waals surface area contributed by atoms with E-state index in [9.17, 15) is 9.18 Å². The SMILES string of the molecule is Cc1cccc(C(=O)CN2CCc3ccc(F)cc32)c1. The van der Waals surface area contributed by atoms with Crippen LogP contribution in [-0.2, 0) is 6.42 Å². The van der Waals surface area contributed by atoms with Crippen LogP contribution in [0.2, 0.25) is 0 Å². The molecule has 102 valence electrons. The topological polar surface area (TPSA) is 20.3 Å². The zero-order valence-electron chi connectivity index (χ0n) is 11.4. The van der Waals surface area contributed by atoms with Crippen LogP contribution in [0, 0.1) is 12.7 Å². The Hall–Kier alpha value is -2.16. The van der Waals surface area contributed by atoms with E-state index in [-0.39, 0.29) is 11.6 Å². The second kappa shape index (κ2) is 5.08. The zero-order valence-corrected chi connectivity index (χ0v) is 11.4. The quantitative estimate of drug-likeness (QED) is 0.796. The van der Waals surface area contributed by atoms with Gasteiger partial charge in [0.05, 0.1) is 6.54 Å². The summed E-state index contributed by atoms with van der Waals surface area (Å²) in [5, 5.41) is 0. The van der Waals surface area contributed by atoms with E-state index in [0.29, 0.717) is 6.54 Å². The molecule has 0 N–H and O–H groups in total. The van der Waals surface area contributed by atoms with E-state index < -0.39 is 0 Å². The van der Waals surface area contributed by atoms with Crippen molar-refractivity contribution in [2.24, 2.45) is 0 Å². The largest absolute Gasteiger partial charge is 0.363 e. The molecule has 0 bridgehead atoms. The van der Waals surface area contributed by atoms with Crippen LogP contribution in [0.5, 0.6) is 0 Å². The van der Waals surface area contributed by atoms with Gasteiger partial charge in [-0.3, -0.25) is 4.79 Å². The van der Waals surface area contributed by atoms with Crippen LogP contribution in [0.25, 0.3) is 0 Å². The van der Waals surface area contributed by atoms with Gasteiger partial charge in [-0.05, 0) is 37.1 Å². The summed E-state index contributed by atoms with van der Waals surface area (Å²) >= 11 is 0. The lowest BCUT2D eigenvalue weighted by molar-refractivity contribution is 0.0999. The highest BCUT2D eigenvalue weighted by molar-refractivity contribution is 5.99. The van der Waals surface area contributed by atoms with E-state index >= 15 is 0 Å². The Bertz CT molecular complexity index is 666. The number of aryl methyl sites for hydroxylation is 1. The third-order valence-corrected chi connectivity index (χ3v) is 3.71. The second-order valence-corrected chi connectivity index (χ2v) is 5.24. The standard InChI is InChI=1S/C17H16FNO/c1-12-3-2-4-14(9-12)17(20)11-19-8-7-13-5-6-15(18)10-16(13)19/h2-6,9-10H,7-8,11H2,1H3. The number of carbonyl (C=O) groups excluding carboxylic acids is 1. The smallest absolute Gasteiger partial charge is 0.182 e. The van der Waals surface area contributed by atoms with Crippen LogP contribution in [-0.4, -0.2) is 18.9 Å². The lowest BCUT2D eigenvalue weighted by Gasteiger charge is -2.18. The Morgan fingerprint density at radius 3 is 2.90 bits per heavy atom. The van der Waals surface area contributed by atoms with Gasteiger partial charge in [-0.2, -0.15) is 0 Å². The summed E-state index contributed by atoms with van der Waals surface area (Å²) in [5.74, 6) is -0.176. The number of Topliss-reactive ketones (excluding diaryl/α,β-unsaturated/α-hetero) is 1. The van der Waals surface area contributed by atoms with E-state index in [4.69, 9.17) is 0 Å². The van der Waals surface area contributed by atoms with Crippen molar-refractivity contribution >= 4 is 11.5 Å². The highest BCUT2D eigenvalue weighted by Crippen LogP contribution is 2.28. The Labute approximate surface area is 117 Å². The molecule has 0 radical (unpaired) electrons. The summed E-state index contributed by atoms with van der Waals surface area (Å²) in [7, 11) is 0. The summed E-state index contributed by atoms with van der Waals surface area (Å²) in [6, 6.07) is 12.4. The fourth-order valence-corrected chi connectivity index (χ4v) is 2.67. The van der Waals surface area contributed by atoms with Crippen LogP contribution >= 0.6 is 0 Å². The number of nitrogens with zero attached hydrogens (tertiary/aromatic N) is 1. The van der Waals surface area contributed by atoms with Crippen LogP contribution in [0.4, 0.5) is 10.1 Å². The molecule has 0 unspecified atom stereocenters. The molecule has 0 aromatic heterocycles. The van der Waals surface area contributed by atoms with Crippen molar-refractivity contribution in [3.05, 3.63) is 65.0 Å². The Balaban J connectivity index is 1.80. The van der Waals surface area contributed by atoms with Gasteiger partial charge >= 0.3 is 0 Å². The van der Waals surface area contributed by atoms with Crippen LogP contribution in [0.3, 0.4) is 0 Å². The van der Waals surface area contributed by atoms with E-state index in [0.717, 1.165) is 35.3 Å². The fourth-order valence-electron chi connectivity index (χ4n) is 2.67. The van der Waals surface area contributed by atoms with Gasteiger partial charge in [-0.25, -0.2) is 4.39 Å². The average molecular weight is 269 g/mol. The van der Waals surface area contributed by atoms with E-state index in [1.54, 1.807) is 0 Å². The first-order chi connectivity index (χ1) is 9.63. The molecule has 0 spiro atoms. The van der Waals surface area contributed by atoms with Gasteiger partial charge in [0, 0.05) is 17.8 Å². The van der Waals surface area contributed by atoms with Gasteiger partial charge in [-0.1, -0.05) is 29.8 Å². The molecule has 0 aliphatic carbocycles. The van der Waals surface area contributed by atoms with Gasteiger partial charge in [0.25, 0.3) is 0 Å². The molecule has 1 aliphatic heterocycles. The van der Waals surface area contributed by atoms with E-state index in [1.165, 1.54) is 12.1 Å². The summed E-state index contributed by atoms with van der Waals surface area (Å²) in [4.78, 5) is 14.3. The average Bonchev–Trinajstić information content (AvgIpc) is 2.81. The van der Waals surface area contributed by atoms with Crippen LogP contribution < -0.4 is 4.90 Å². The Morgan fingerprint density at radius 1 is 1.25 bits per heavy atom. The molecule has 0 fully saturated rings. The monoisotopic (exact) mass is 269 g/mol. The first-order valence-electron chi connectivity index (χ1n) is 6.77. The molecule has 2 aromatic rings. The number of anilines is 1. The van der Waals surface area contributed by atoms with Crippen molar-refractivity contribution in [1.82, 2.24) is 0 Å². The molecule has 3 heteroatoms. The third-order valence-electron chi connectivity index (χ3n) is 3.71. The predicted molar refractivity (Wildman–Crippen MR) is 77.8 cm³/mol. The van der Waals surface area contributed by atoms with Crippen molar-refractivity contribution < 1.29 is 9.18 Å². The molecule has 3 rings (SSSR count). The number of benzene rings is 2. The van der Waals surface area contributed by atoms with Crippen LogP contribution in [0.15, 0.2) is 42.5 Å². The molecule has 0 atom stereocenters. The lowest BCUT2D eigenvalue weighted by Crippen LogP contribution is -2.28. The van der Waals surface area contributed by atoms with Crippen molar-refractivity contribution in [3.63, 3.8) is 0 Å². The fraction of sp³-hybridized carbons (Fsp3) is 0.235. The highest BCUT2D eigenvalue weighted by atomic mass is 19.1. The van der Waals surface area contributed by atoms with Gasteiger partial charge in [0.2, 0.25) is 0 Å². The number of carbonyl (C=O) groups is 1. The van der Waals surface area contributed by atoms with Gasteiger partial charge < -0.3 is 4.90 Å². The molecule has 0 saturated heterocycles. The van der Waals surface area contributed by atoms with Crippen molar-refractivity contribution in [1.29, 1.82) is 0 Å². The molecule has 2 nitrogen and oxygen atoms in total. The van der Waals surface area contributed by atoms with Gasteiger partial charge in [-0.15, -0.1) is 0 Å². The van der Waals surface area contributed by atoms with Gasteiger partial charge in [0.15, 0.2) is 5.78 Å². The minimum atomic E-state index is -0.251. The van der Waals surface area contributed by atoms with Crippen LogP contribution in [0.1, 0.15) is 21.5 Å². The highest BCUT2D eigenvalue weighted by Gasteiger charge is 2.22. The maximum atomic E-state index is 13.3. The minimum absolute atomic E-state index is 0.0748. The number of rotatable bonds is 3. The molecule has 0 saturated carbocycles. The second-order valence-electron chi connectivity index (χ2n) is 5.24. The van der Waals surface area contributed by atoms with E-state index in [1.807, 2.05) is 42.2 Å². The number of ketones is 1. The predicted octanol–water partition coefficient (Wildman–Crippen LogP) is 3.38. The summed E-state index contributed by atoms with van der Waals surface area (Å²) < 4.78 is 13.3. The van der Waals surface area contributed by atoms with E-state index in [2.05, 4.69) is 0 Å². The first kappa shape index (κ1) is 12.9. The van der Waals surface area contributed by atoms with Crippen molar-refractivity contribution in [2.75, 3.05) is 18.0 Å². The molecular weight excluding hydrogens is 253 g/mol. The summed E-state index contributed by atoms with van der Waals surface area (Å²) in [6.07, 6.45) is 0.872. The maximum Gasteiger partial charge on any atom is 0.182 e. The molecular formula is C17H16FNO. The van der Waals surface area contributed by atoms with Gasteiger partial charge in [0.1, 0.15) is 5.82 Å². The Kier molecular flexibility index (Phi) is 3.26. The van der Waals surface area contributed by atoms with Crippen molar-refractivity contribution in [3.8, 4) is 0 Å². The maximum absolute atomic E-state index is 13.3.